The maximum absolute atomic E-state index is 11.5. The molecule has 1 unspecified atom stereocenters. The van der Waals surface area contributed by atoms with Crippen molar-refractivity contribution >= 4 is 17.8 Å². The summed E-state index contributed by atoms with van der Waals surface area (Å²) in [5, 5.41) is 8.42. The minimum Gasteiger partial charge on any atom is -0.466 e. The lowest BCUT2D eigenvalue weighted by Gasteiger charge is -2.48. The Morgan fingerprint density at radius 3 is 2.55 bits per heavy atom. The summed E-state index contributed by atoms with van der Waals surface area (Å²) in [5.74, 6) is 7.63. The van der Waals surface area contributed by atoms with Gasteiger partial charge in [0.2, 0.25) is 12.3 Å². The van der Waals surface area contributed by atoms with E-state index < -0.39 is 6.35 Å². The molecule has 0 aromatic heterocycles. The third kappa shape index (κ3) is 7.90. The second kappa shape index (κ2) is 10.6. The third-order valence-electron chi connectivity index (χ3n) is 5.14. The summed E-state index contributed by atoms with van der Waals surface area (Å²) in [6, 6.07) is 0. The van der Waals surface area contributed by atoms with Crippen molar-refractivity contribution in [3.8, 4) is 0 Å². The van der Waals surface area contributed by atoms with Crippen LogP contribution < -0.4 is 16.5 Å². The molecule has 2 aliphatic rings. The summed E-state index contributed by atoms with van der Waals surface area (Å²) in [6.07, 6.45) is 2.12. The van der Waals surface area contributed by atoms with Crippen LogP contribution in [0.5, 0.6) is 0 Å². The van der Waals surface area contributed by atoms with Gasteiger partial charge in [-0.1, -0.05) is 12.2 Å². The van der Waals surface area contributed by atoms with E-state index in [2.05, 4.69) is 49.9 Å². The monoisotopic (exact) mass is 436 g/mol. The first-order valence-electron chi connectivity index (χ1n) is 11.1. The third-order valence-corrected chi connectivity index (χ3v) is 5.14. The van der Waals surface area contributed by atoms with E-state index in [0.29, 0.717) is 38.6 Å². The molecule has 2 rings (SSSR count). The van der Waals surface area contributed by atoms with E-state index in [4.69, 9.17) is 20.3 Å². The molecule has 0 aliphatic carbocycles. The molecule has 9 heteroatoms. The van der Waals surface area contributed by atoms with E-state index in [1.54, 1.807) is 11.9 Å². The highest BCUT2D eigenvalue weighted by atomic mass is 16.5. The SMILES string of the molecule is C=C(C)COC1NC(=NCCCC(=O)OCC)N=C(C2CC(C)(C)NC(C)(C)C2)N1N. The van der Waals surface area contributed by atoms with E-state index in [9.17, 15) is 4.79 Å². The summed E-state index contributed by atoms with van der Waals surface area (Å²) in [6.45, 7) is 17.6. The Hall–Kier alpha value is -1.97. The van der Waals surface area contributed by atoms with Crippen LogP contribution in [0.15, 0.2) is 22.1 Å². The molecule has 31 heavy (non-hydrogen) atoms. The van der Waals surface area contributed by atoms with Crippen molar-refractivity contribution in [1.29, 1.82) is 0 Å². The molecule has 9 nitrogen and oxygen atoms in total. The number of nitrogens with one attached hydrogen (secondary N) is 2. The quantitative estimate of drug-likeness (QED) is 0.220. The summed E-state index contributed by atoms with van der Waals surface area (Å²) >= 11 is 0. The minimum absolute atomic E-state index is 0.0499. The van der Waals surface area contributed by atoms with E-state index in [1.807, 2.05) is 6.92 Å². The molecule has 0 spiro atoms. The van der Waals surface area contributed by atoms with Gasteiger partial charge in [0.25, 0.3) is 0 Å². The van der Waals surface area contributed by atoms with Crippen molar-refractivity contribution in [3.05, 3.63) is 12.2 Å². The number of rotatable bonds is 9. The van der Waals surface area contributed by atoms with Crippen LogP contribution in [0, 0.1) is 5.92 Å². The summed E-state index contributed by atoms with van der Waals surface area (Å²) in [5.41, 5.74) is 0.799. The van der Waals surface area contributed by atoms with Crippen LogP contribution in [-0.4, -0.2) is 60.0 Å². The molecule has 4 N–H and O–H groups in total. The van der Waals surface area contributed by atoms with Crippen LogP contribution in [0.1, 0.15) is 67.2 Å². The second-order valence-electron chi connectivity index (χ2n) is 9.75. The largest absolute Gasteiger partial charge is 0.466 e. The Balaban J connectivity index is 2.20. The molecule has 0 bridgehead atoms. The van der Waals surface area contributed by atoms with Crippen LogP contribution in [0.2, 0.25) is 0 Å². The van der Waals surface area contributed by atoms with Crippen LogP contribution >= 0.6 is 0 Å². The number of hydrogen-bond donors (Lipinski definition) is 3. The normalized spacial score (nSPS) is 24.5. The highest BCUT2D eigenvalue weighted by Gasteiger charge is 2.42. The van der Waals surface area contributed by atoms with Gasteiger partial charge in [-0.2, -0.15) is 4.99 Å². The number of amidine groups is 1. The first kappa shape index (κ1) is 25.3. The van der Waals surface area contributed by atoms with Crippen molar-refractivity contribution in [2.24, 2.45) is 21.7 Å². The lowest BCUT2D eigenvalue weighted by Crippen LogP contribution is -2.65. The van der Waals surface area contributed by atoms with Crippen LogP contribution in [0.4, 0.5) is 0 Å². The Morgan fingerprint density at radius 1 is 1.32 bits per heavy atom. The number of piperidine rings is 1. The maximum atomic E-state index is 11.5. The highest BCUT2D eigenvalue weighted by molar-refractivity contribution is 5.99. The molecule has 2 heterocycles. The van der Waals surface area contributed by atoms with Crippen molar-refractivity contribution in [1.82, 2.24) is 15.6 Å². The smallest absolute Gasteiger partial charge is 0.305 e. The maximum Gasteiger partial charge on any atom is 0.305 e. The number of carbonyl (C=O) groups excluding carboxylic acids is 1. The molecule has 0 amide bonds. The Labute approximate surface area is 186 Å². The Bertz CT molecular complexity index is 700. The molecular formula is C22H40N6O3. The molecule has 1 fully saturated rings. The topological polar surface area (TPSA) is 114 Å². The van der Waals surface area contributed by atoms with Gasteiger partial charge in [0.1, 0.15) is 5.84 Å². The van der Waals surface area contributed by atoms with Gasteiger partial charge in [-0.05, 0) is 60.8 Å². The summed E-state index contributed by atoms with van der Waals surface area (Å²) in [4.78, 5) is 20.9. The number of guanidine groups is 1. The molecule has 0 radical (unpaired) electrons. The minimum atomic E-state index is -0.589. The molecular weight excluding hydrogens is 396 g/mol. The number of ether oxygens (including phenoxy) is 2. The average molecular weight is 437 g/mol. The first-order valence-corrected chi connectivity index (χ1v) is 11.1. The number of carbonyl (C=O) groups is 1. The van der Waals surface area contributed by atoms with E-state index in [0.717, 1.165) is 24.3 Å². The van der Waals surface area contributed by atoms with Crippen molar-refractivity contribution < 1.29 is 14.3 Å². The van der Waals surface area contributed by atoms with Gasteiger partial charge in [0.15, 0.2) is 0 Å². The van der Waals surface area contributed by atoms with E-state index in [1.165, 1.54) is 0 Å². The van der Waals surface area contributed by atoms with Crippen molar-refractivity contribution in [2.75, 3.05) is 19.8 Å². The van der Waals surface area contributed by atoms with E-state index >= 15 is 0 Å². The van der Waals surface area contributed by atoms with Gasteiger partial charge in [-0.3, -0.25) is 14.8 Å². The Kier molecular flexibility index (Phi) is 8.62. The number of aliphatic imine (C=N–C) groups is 2. The predicted molar refractivity (Wildman–Crippen MR) is 123 cm³/mol. The standard InChI is InChI=1S/C22H40N6O3/c1-8-30-17(29)10-9-11-24-19-25-18(28(23)20(26-19)31-14-15(2)3)16-12-21(4,5)27-22(6,7)13-16/h16,20,27H,2,8-14,23H2,1,3-7H3,(H,24,26). The van der Waals surface area contributed by atoms with Crippen LogP contribution in [0.25, 0.3) is 0 Å². The molecule has 176 valence electrons. The zero-order valence-corrected chi connectivity index (χ0v) is 20.0. The number of hydrazine groups is 1. The summed E-state index contributed by atoms with van der Waals surface area (Å²) in [7, 11) is 0. The molecule has 0 aromatic carbocycles. The molecule has 1 atom stereocenters. The zero-order chi connectivity index (χ0) is 23.2. The summed E-state index contributed by atoms with van der Waals surface area (Å²) < 4.78 is 10.9. The molecule has 0 saturated carbocycles. The first-order chi connectivity index (χ1) is 14.4. The highest BCUT2D eigenvalue weighted by Crippen LogP contribution is 2.34. The van der Waals surface area contributed by atoms with Crippen molar-refractivity contribution in [3.63, 3.8) is 0 Å². The predicted octanol–water partition coefficient (Wildman–Crippen LogP) is 2.30. The number of hydrogen-bond acceptors (Lipinski definition) is 7. The van der Waals surface area contributed by atoms with Gasteiger partial charge in [-0.15, -0.1) is 0 Å². The van der Waals surface area contributed by atoms with Gasteiger partial charge in [0, 0.05) is 30.0 Å². The van der Waals surface area contributed by atoms with E-state index in [-0.39, 0.29) is 23.0 Å². The van der Waals surface area contributed by atoms with Gasteiger partial charge in [0.05, 0.1) is 13.2 Å². The molecule has 0 aromatic rings. The molecule has 2 aliphatic heterocycles. The fourth-order valence-electron chi connectivity index (χ4n) is 4.37. The lowest BCUT2D eigenvalue weighted by atomic mass is 9.75. The average Bonchev–Trinajstić information content (AvgIpc) is 2.62. The Morgan fingerprint density at radius 2 is 1.97 bits per heavy atom. The van der Waals surface area contributed by atoms with Crippen LogP contribution in [0.3, 0.4) is 0 Å². The number of esters is 1. The second-order valence-corrected chi connectivity index (χ2v) is 9.75. The zero-order valence-electron chi connectivity index (χ0n) is 20.0. The molecule has 1 saturated heterocycles. The van der Waals surface area contributed by atoms with Gasteiger partial charge < -0.3 is 20.1 Å². The fourth-order valence-corrected chi connectivity index (χ4v) is 4.37. The number of nitrogens with zero attached hydrogens (tertiary/aromatic N) is 3. The lowest BCUT2D eigenvalue weighted by molar-refractivity contribution is -0.143. The fraction of sp³-hybridized carbons (Fsp3) is 0.773. The van der Waals surface area contributed by atoms with Crippen molar-refractivity contribution in [2.45, 2.75) is 84.7 Å². The van der Waals surface area contributed by atoms with Gasteiger partial charge in [-0.25, -0.2) is 5.84 Å². The number of nitrogens with two attached hydrogens (primary N) is 1. The van der Waals surface area contributed by atoms with Gasteiger partial charge >= 0.3 is 5.97 Å². The van der Waals surface area contributed by atoms with Crippen LogP contribution in [-0.2, 0) is 14.3 Å².